The second-order valence-electron chi connectivity index (χ2n) is 5.67. The molecule has 1 heterocycles. The zero-order chi connectivity index (χ0) is 13.8. The highest BCUT2D eigenvalue weighted by Crippen LogP contribution is 2.30. The molecule has 1 N–H and O–H groups in total. The summed E-state index contributed by atoms with van der Waals surface area (Å²) >= 11 is 0. The molecule has 0 saturated heterocycles. The fraction of sp³-hybridized carbons (Fsp3) is 0.389. The molecule has 20 heavy (non-hydrogen) atoms. The van der Waals surface area contributed by atoms with Gasteiger partial charge in [-0.1, -0.05) is 36.8 Å². The van der Waals surface area contributed by atoms with E-state index in [-0.39, 0.29) is 0 Å². The summed E-state index contributed by atoms with van der Waals surface area (Å²) in [6.07, 6.45) is 8.83. The van der Waals surface area contributed by atoms with E-state index in [1.807, 2.05) is 18.5 Å². The van der Waals surface area contributed by atoms with E-state index in [0.29, 0.717) is 12.1 Å². The summed E-state index contributed by atoms with van der Waals surface area (Å²) in [5.41, 5.74) is 4.26. The van der Waals surface area contributed by atoms with Gasteiger partial charge in [-0.05, 0) is 48.9 Å². The molecule has 1 aromatic carbocycles. The van der Waals surface area contributed by atoms with Crippen LogP contribution in [0.4, 0.5) is 0 Å². The molecule has 1 aliphatic rings. The molecule has 2 heteroatoms. The van der Waals surface area contributed by atoms with Gasteiger partial charge in [0.15, 0.2) is 0 Å². The smallest absolute Gasteiger partial charge is 0.0328 e. The lowest BCUT2D eigenvalue weighted by Gasteiger charge is -2.24. The maximum Gasteiger partial charge on any atom is 0.0328 e. The minimum Gasteiger partial charge on any atom is -0.303 e. The van der Waals surface area contributed by atoms with E-state index in [1.54, 1.807) is 0 Å². The number of rotatable bonds is 3. The van der Waals surface area contributed by atoms with Crippen molar-refractivity contribution in [2.75, 3.05) is 0 Å². The van der Waals surface area contributed by atoms with Crippen LogP contribution in [0.5, 0.6) is 0 Å². The molecular weight excluding hydrogens is 244 g/mol. The summed E-state index contributed by atoms with van der Waals surface area (Å²) in [5, 5.41) is 3.79. The number of hydrogen-bond acceptors (Lipinski definition) is 2. The second kappa shape index (κ2) is 6.19. The van der Waals surface area contributed by atoms with Gasteiger partial charge in [0.25, 0.3) is 0 Å². The van der Waals surface area contributed by atoms with Gasteiger partial charge in [-0.2, -0.15) is 0 Å². The topological polar surface area (TPSA) is 24.9 Å². The van der Waals surface area contributed by atoms with Gasteiger partial charge in [0.1, 0.15) is 0 Å². The Morgan fingerprint density at radius 3 is 2.90 bits per heavy atom. The highest BCUT2D eigenvalue weighted by Gasteiger charge is 2.20. The van der Waals surface area contributed by atoms with Crippen molar-refractivity contribution < 1.29 is 0 Å². The Balaban J connectivity index is 1.80. The first-order valence-corrected chi connectivity index (χ1v) is 7.58. The van der Waals surface area contributed by atoms with E-state index in [1.165, 1.54) is 42.4 Å². The highest BCUT2D eigenvalue weighted by molar-refractivity contribution is 5.31. The first-order chi connectivity index (χ1) is 9.84. The van der Waals surface area contributed by atoms with Gasteiger partial charge >= 0.3 is 0 Å². The molecule has 0 bridgehead atoms. The molecule has 2 aromatic rings. The van der Waals surface area contributed by atoms with E-state index in [2.05, 4.69) is 47.6 Å². The standard InChI is InChI=1S/C18H22N2/c1-14(16-9-6-12-19-13-16)20-18-11-5-3-8-15-7-2-4-10-17(15)18/h2,4,6-7,9-10,12-14,18,20H,3,5,8,11H2,1H3. The molecule has 0 radical (unpaired) electrons. The van der Waals surface area contributed by atoms with Gasteiger partial charge in [0.2, 0.25) is 0 Å². The fourth-order valence-electron chi connectivity index (χ4n) is 3.12. The van der Waals surface area contributed by atoms with E-state index >= 15 is 0 Å². The van der Waals surface area contributed by atoms with Gasteiger partial charge in [-0.15, -0.1) is 0 Å². The van der Waals surface area contributed by atoms with Gasteiger partial charge in [-0.3, -0.25) is 4.98 Å². The van der Waals surface area contributed by atoms with Crippen LogP contribution in [0.25, 0.3) is 0 Å². The molecule has 0 saturated carbocycles. The molecule has 2 nitrogen and oxygen atoms in total. The average Bonchev–Trinajstić information content (AvgIpc) is 2.71. The molecule has 0 amide bonds. The Bertz CT molecular complexity index is 550. The highest BCUT2D eigenvalue weighted by atomic mass is 14.9. The third-order valence-corrected chi connectivity index (χ3v) is 4.26. The van der Waals surface area contributed by atoms with Crippen LogP contribution in [-0.2, 0) is 6.42 Å². The van der Waals surface area contributed by atoms with Crippen molar-refractivity contribution >= 4 is 0 Å². The Labute approximate surface area is 121 Å². The van der Waals surface area contributed by atoms with Crippen molar-refractivity contribution in [3.8, 4) is 0 Å². The van der Waals surface area contributed by atoms with Crippen molar-refractivity contribution in [3.05, 3.63) is 65.5 Å². The minimum absolute atomic E-state index is 0.333. The van der Waals surface area contributed by atoms with Gasteiger partial charge in [0, 0.05) is 24.5 Å². The predicted octanol–water partition coefficient (Wildman–Crippen LogP) is 4.20. The Morgan fingerprint density at radius 1 is 1.15 bits per heavy atom. The van der Waals surface area contributed by atoms with Crippen molar-refractivity contribution in [1.29, 1.82) is 0 Å². The first-order valence-electron chi connectivity index (χ1n) is 7.58. The predicted molar refractivity (Wildman–Crippen MR) is 82.5 cm³/mol. The number of aromatic nitrogens is 1. The largest absolute Gasteiger partial charge is 0.303 e. The summed E-state index contributed by atoms with van der Waals surface area (Å²) in [4.78, 5) is 4.22. The number of benzene rings is 1. The third kappa shape index (κ3) is 2.91. The molecule has 0 spiro atoms. The summed E-state index contributed by atoms with van der Waals surface area (Å²) < 4.78 is 0. The van der Waals surface area contributed by atoms with Crippen LogP contribution in [0.15, 0.2) is 48.8 Å². The molecule has 1 aliphatic carbocycles. The normalized spacial score (nSPS) is 19.9. The summed E-state index contributed by atoms with van der Waals surface area (Å²) in [6, 6.07) is 13.8. The summed E-state index contributed by atoms with van der Waals surface area (Å²) in [6.45, 7) is 2.23. The zero-order valence-corrected chi connectivity index (χ0v) is 12.0. The lowest BCUT2D eigenvalue weighted by atomic mass is 9.98. The molecule has 0 aliphatic heterocycles. The summed E-state index contributed by atoms with van der Waals surface area (Å²) in [7, 11) is 0. The van der Waals surface area contributed by atoms with Crippen LogP contribution in [0.2, 0.25) is 0 Å². The van der Waals surface area contributed by atoms with E-state index in [9.17, 15) is 0 Å². The molecule has 3 rings (SSSR count). The average molecular weight is 266 g/mol. The Kier molecular flexibility index (Phi) is 4.12. The number of nitrogens with zero attached hydrogens (tertiary/aromatic N) is 1. The van der Waals surface area contributed by atoms with Crippen LogP contribution in [0.1, 0.15) is 55.0 Å². The molecular formula is C18H22N2. The van der Waals surface area contributed by atoms with Crippen molar-refractivity contribution in [2.24, 2.45) is 0 Å². The monoisotopic (exact) mass is 266 g/mol. The number of pyridine rings is 1. The minimum atomic E-state index is 0.333. The van der Waals surface area contributed by atoms with E-state index < -0.39 is 0 Å². The molecule has 2 atom stereocenters. The molecule has 2 unspecified atom stereocenters. The number of fused-ring (bicyclic) bond motifs is 1. The molecule has 1 aromatic heterocycles. The van der Waals surface area contributed by atoms with Crippen LogP contribution in [0, 0.1) is 0 Å². The van der Waals surface area contributed by atoms with Crippen LogP contribution >= 0.6 is 0 Å². The maximum atomic E-state index is 4.22. The second-order valence-corrected chi connectivity index (χ2v) is 5.67. The maximum absolute atomic E-state index is 4.22. The molecule has 0 fully saturated rings. The van der Waals surface area contributed by atoms with E-state index in [4.69, 9.17) is 0 Å². The van der Waals surface area contributed by atoms with E-state index in [0.717, 1.165) is 0 Å². The Hall–Kier alpha value is -1.67. The first kappa shape index (κ1) is 13.3. The van der Waals surface area contributed by atoms with Gasteiger partial charge in [-0.25, -0.2) is 0 Å². The van der Waals surface area contributed by atoms with Crippen molar-refractivity contribution in [2.45, 2.75) is 44.7 Å². The number of hydrogen-bond donors (Lipinski definition) is 1. The number of nitrogens with one attached hydrogen (secondary N) is 1. The lowest BCUT2D eigenvalue weighted by Crippen LogP contribution is -2.25. The van der Waals surface area contributed by atoms with Crippen LogP contribution in [-0.4, -0.2) is 4.98 Å². The Morgan fingerprint density at radius 2 is 2.05 bits per heavy atom. The fourth-order valence-corrected chi connectivity index (χ4v) is 3.12. The SMILES string of the molecule is CC(NC1CCCCc2ccccc21)c1cccnc1. The summed E-state index contributed by atoms with van der Waals surface area (Å²) in [5.74, 6) is 0. The third-order valence-electron chi connectivity index (χ3n) is 4.26. The zero-order valence-electron chi connectivity index (χ0n) is 12.0. The van der Waals surface area contributed by atoms with Gasteiger partial charge in [0.05, 0.1) is 0 Å². The lowest BCUT2D eigenvalue weighted by molar-refractivity contribution is 0.437. The number of aryl methyl sites for hydroxylation is 1. The van der Waals surface area contributed by atoms with Crippen LogP contribution < -0.4 is 5.32 Å². The van der Waals surface area contributed by atoms with Crippen molar-refractivity contribution in [3.63, 3.8) is 0 Å². The van der Waals surface area contributed by atoms with Crippen LogP contribution in [0.3, 0.4) is 0 Å². The molecule has 104 valence electrons. The van der Waals surface area contributed by atoms with Gasteiger partial charge < -0.3 is 5.32 Å². The quantitative estimate of drug-likeness (QED) is 0.842. The van der Waals surface area contributed by atoms with Crippen molar-refractivity contribution in [1.82, 2.24) is 10.3 Å².